The van der Waals surface area contributed by atoms with Crippen LogP contribution in [-0.4, -0.2) is 50.5 Å². The molecule has 0 aliphatic heterocycles. The Balaban J connectivity index is 2.43. The van der Waals surface area contributed by atoms with Gasteiger partial charge in [-0.25, -0.2) is 8.42 Å². The maximum absolute atomic E-state index is 13.6. The van der Waals surface area contributed by atoms with Gasteiger partial charge < -0.3 is 10.2 Å². The van der Waals surface area contributed by atoms with Crippen molar-refractivity contribution in [3.63, 3.8) is 0 Å². The monoisotopic (exact) mass is 561 g/mol. The van der Waals surface area contributed by atoms with E-state index in [4.69, 9.17) is 34.8 Å². The predicted molar refractivity (Wildman–Crippen MR) is 143 cm³/mol. The maximum Gasteiger partial charge on any atom is 0.244 e. The van der Waals surface area contributed by atoms with Gasteiger partial charge in [0.15, 0.2) is 0 Å². The zero-order valence-corrected chi connectivity index (χ0v) is 23.0. The van der Waals surface area contributed by atoms with E-state index in [9.17, 15) is 18.0 Å². The number of hydrogen-bond acceptors (Lipinski definition) is 4. The number of rotatable bonds is 12. The first kappa shape index (κ1) is 29.2. The number of nitrogens with one attached hydrogen (secondary N) is 1. The second kappa shape index (κ2) is 13.3. The van der Waals surface area contributed by atoms with Gasteiger partial charge in [0.1, 0.15) is 12.6 Å². The van der Waals surface area contributed by atoms with E-state index >= 15 is 0 Å². The van der Waals surface area contributed by atoms with Crippen LogP contribution in [0, 0.1) is 0 Å². The number of hydrogen-bond donors (Lipinski definition) is 1. The van der Waals surface area contributed by atoms with Crippen LogP contribution in [0.3, 0.4) is 0 Å². The number of halogens is 3. The number of carbonyl (C=O) groups is 2. The van der Waals surface area contributed by atoms with Crippen molar-refractivity contribution < 1.29 is 18.0 Å². The third kappa shape index (κ3) is 8.27. The molecule has 0 unspecified atom stereocenters. The number of nitrogens with zero attached hydrogens (tertiary/aromatic N) is 2. The average molecular weight is 563 g/mol. The van der Waals surface area contributed by atoms with E-state index in [0.29, 0.717) is 23.6 Å². The Morgan fingerprint density at radius 2 is 1.69 bits per heavy atom. The molecule has 35 heavy (non-hydrogen) atoms. The lowest BCUT2D eigenvalue weighted by Gasteiger charge is -2.33. The number of unbranched alkanes of at least 4 members (excludes halogenated alkanes) is 1. The molecule has 2 aromatic rings. The van der Waals surface area contributed by atoms with E-state index in [1.807, 2.05) is 6.92 Å². The quantitative estimate of drug-likeness (QED) is 0.363. The van der Waals surface area contributed by atoms with Crippen molar-refractivity contribution in [3.8, 4) is 0 Å². The summed E-state index contributed by atoms with van der Waals surface area (Å²) in [5.41, 5.74) is 0.830. The lowest BCUT2D eigenvalue weighted by atomic mass is 10.1. The van der Waals surface area contributed by atoms with E-state index in [-0.39, 0.29) is 28.2 Å². The van der Waals surface area contributed by atoms with Crippen LogP contribution in [-0.2, 0) is 26.2 Å². The third-order valence-electron chi connectivity index (χ3n) is 5.38. The minimum atomic E-state index is -3.87. The van der Waals surface area contributed by atoms with Gasteiger partial charge in [-0.2, -0.15) is 0 Å². The van der Waals surface area contributed by atoms with Gasteiger partial charge in [0.25, 0.3) is 0 Å². The van der Waals surface area contributed by atoms with Crippen LogP contribution in [0.15, 0.2) is 42.5 Å². The zero-order valence-electron chi connectivity index (χ0n) is 19.9. The summed E-state index contributed by atoms with van der Waals surface area (Å²) >= 11 is 18.4. The molecule has 7 nitrogen and oxygen atoms in total. The minimum Gasteiger partial charge on any atom is -0.354 e. The van der Waals surface area contributed by atoms with Crippen LogP contribution in [0.5, 0.6) is 0 Å². The first-order chi connectivity index (χ1) is 16.5. The number of sulfonamides is 1. The minimum absolute atomic E-state index is 0.0389. The van der Waals surface area contributed by atoms with Crippen LogP contribution in [0.1, 0.15) is 38.7 Å². The first-order valence-corrected chi connectivity index (χ1v) is 14.2. The molecule has 11 heteroatoms. The molecule has 0 spiro atoms. The highest BCUT2D eigenvalue weighted by atomic mass is 35.5. The summed E-state index contributed by atoms with van der Waals surface area (Å²) in [5, 5.41) is 3.72. The molecular formula is C24H30Cl3N3O4S. The van der Waals surface area contributed by atoms with E-state index in [1.165, 1.54) is 23.1 Å². The molecule has 0 aliphatic rings. The van der Waals surface area contributed by atoms with Gasteiger partial charge in [-0.1, -0.05) is 73.3 Å². The molecule has 1 atom stereocenters. The smallest absolute Gasteiger partial charge is 0.244 e. The summed E-state index contributed by atoms with van der Waals surface area (Å²) in [7, 11) is -3.87. The Morgan fingerprint density at radius 1 is 1.00 bits per heavy atom. The van der Waals surface area contributed by atoms with Crippen molar-refractivity contribution in [2.45, 2.75) is 45.7 Å². The fourth-order valence-electron chi connectivity index (χ4n) is 3.49. The van der Waals surface area contributed by atoms with Crippen LogP contribution in [0.4, 0.5) is 5.69 Å². The summed E-state index contributed by atoms with van der Waals surface area (Å²) in [6.45, 7) is 3.81. The third-order valence-corrected chi connectivity index (χ3v) is 7.63. The number of amides is 2. The SMILES string of the molecule is CCCCNC(=O)[C@@H](CC)N(Cc1ccccc1Cl)C(=O)CN(c1ccc(Cl)c(Cl)c1)S(C)(=O)=O. The second-order valence-electron chi connectivity index (χ2n) is 8.05. The average Bonchev–Trinajstić information content (AvgIpc) is 2.79. The van der Waals surface area contributed by atoms with Crippen LogP contribution >= 0.6 is 34.8 Å². The molecule has 0 radical (unpaired) electrons. The molecule has 0 bridgehead atoms. The van der Waals surface area contributed by atoms with E-state index in [1.54, 1.807) is 31.2 Å². The molecule has 2 rings (SSSR count). The highest BCUT2D eigenvalue weighted by Crippen LogP contribution is 2.29. The largest absolute Gasteiger partial charge is 0.354 e. The van der Waals surface area contributed by atoms with Gasteiger partial charge in [-0.3, -0.25) is 13.9 Å². The zero-order chi connectivity index (χ0) is 26.2. The standard InChI is InChI=1S/C24H30Cl3N3O4S/c1-4-6-13-28-24(32)22(5-2)29(15-17-9-7-8-10-19(17)25)23(31)16-30(35(3,33)34)18-11-12-20(26)21(27)14-18/h7-12,14,22H,4-6,13,15-16H2,1-3H3,(H,28,32)/t22-/m1/s1. The summed E-state index contributed by atoms with van der Waals surface area (Å²) in [6.07, 6.45) is 3.04. The van der Waals surface area contributed by atoms with Crippen LogP contribution in [0.2, 0.25) is 15.1 Å². The van der Waals surface area contributed by atoms with Crippen molar-refractivity contribution in [2.75, 3.05) is 23.7 Å². The van der Waals surface area contributed by atoms with Crippen molar-refractivity contribution in [1.82, 2.24) is 10.2 Å². The Bertz CT molecular complexity index is 1140. The summed E-state index contributed by atoms with van der Waals surface area (Å²) < 4.78 is 26.2. The molecular weight excluding hydrogens is 533 g/mol. The van der Waals surface area contributed by atoms with Gasteiger partial charge in [-0.05, 0) is 42.7 Å². The molecule has 0 aromatic heterocycles. The first-order valence-electron chi connectivity index (χ1n) is 11.2. The summed E-state index contributed by atoms with van der Waals surface area (Å²) in [6, 6.07) is 10.5. The van der Waals surface area contributed by atoms with E-state index in [0.717, 1.165) is 23.4 Å². The Morgan fingerprint density at radius 3 is 2.26 bits per heavy atom. The number of benzene rings is 2. The molecule has 0 saturated carbocycles. The van der Waals surface area contributed by atoms with Gasteiger partial charge in [0, 0.05) is 18.1 Å². The summed E-state index contributed by atoms with van der Waals surface area (Å²) in [5.74, 6) is -0.860. The van der Waals surface area contributed by atoms with Crippen molar-refractivity contribution >= 4 is 62.3 Å². The second-order valence-corrected chi connectivity index (χ2v) is 11.2. The maximum atomic E-state index is 13.6. The Hall–Kier alpha value is -2.00. The van der Waals surface area contributed by atoms with Gasteiger partial charge in [0.2, 0.25) is 21.8 Å². The molecule has 2 aromatic carbocycles. The lowest BCUT2D eigenvalue weighted by molar-refractivity contribution is -0.140. The van der Waals surface area contributed by atoms with Crippen LogP contribution < -0.4 is 9.62 Å². The Kier molecular flexibility index (Phi) is 11.1. The molecule has 192 valence electrons. The van der Waals surface area contributed by atoms with E-state index < -0.39 is 28.5 Å². The fraction of sp³-hybridized carbons (Fsp3) is 0.417. The Labute approximate surface area is 222 Å². The summed E-state index contributed by atoms with van der Waals surface area (Å²) in [4.78, 5) is 28.0. The normalized spacial score (nSPS) is 12.2. The van der Waals surface area contributed by atoms with Gasteiger partial charge >= 0.3 is 0 Å². The molecule has 0 aliphatic carbocycles. The van der Waals surface area contributed by atoms with Crippen molar-refractivity contribution in [2.24, 2.45) is 0 Å². The molecule has 2 amide bonds. The topological polar surface area (TPSA) is 86.8 Å². The fourth-order valence-corrected chi connectivity index (χ4v) is 4.82. The molecule has 0 heterocycles. The highest BCUT2D eigenvalue weighted by molar-refractivity contribution is 7.92. The van der Waals surface area contributed by atoms with Crippen LogP contribution in [0.25, 0.3) is 0 Å². The number of carbonyl (C=O) groups excluding carboxylic acids is 2. The van der Waals surface area contributed by atoms with Crippen molar-refractivity contribution in [3.05, 3.63) is 63.1 Å². The highest BCUT2D eigenvalue weighted by Gasteiger charge is 2.32. The van der Waals surface area contributed by atoms with Gasteiger partial charge in [0.05, 0.1) is 22.0 Å². The van der Waals surface area contributed by atoms with Crippen molar-refractivity contribution in [1.29, 1.82) is 0 Å². The molecule has 0 fully saturated rings. The van der Waals surface area contributed by atoms with Gasteiger partial charge in [-0.15, -0.1) is 0 Å². The lowest BCUT2D eigenvalue weighted by Crippen LogP contribution is -2.52. The number of anilines is 1. The molecule has 0 saturated heterocycles. The molecule has 1 N–H and O–H groups in total. The predicted octanol–water partition coefficient (Wildman–Crippen LogP) is 5.14. The van der Waals surface area contributed by atoms with E-state index in [2.05, 4.69) is 5.32 Å².